The van der Waals surface area contributed by atoms with E-state index in [1.54, 1.807) is 6.07 Å². The number of nitro groups is 1. The van der Waals surface area contributed by atoms with Crippen LogP contribution in [0.15, 0.2) is 40.9 Å². The van der Waals surface area contributed by atoms with Crippen molar-refractivity contribution in [2.45, 2.75) is 6.42 Å². The molecule has 1 fully saturated rings. The van der Waals surface area contributed by atoms with Crippen LogP contribution in [-0.2, 0) is 10.0 Å². The molecule has 0 spiro atoms. The van der Waals surface area contributed by atoms with Crippen molar-refractivity contribution >= 4 is 60.5 Å². The van der Waals surface area contributed by atoms with Crippen LogP contribution in [0.2, 0.25) is 5.02 Å². The molecule has 0 bridgehead atoms. The molecule has 1 aliphatic heterocycles. The van der Waals surface area contributed by atoms with Gasteiger partial charge in [-0.3, -0.25) is 19.2 Å². The molecule has 27 heavy (non-hydrogen) atoms. The molecule has 1 N–H and O–H groups in total. The quantitative estimate of drug-likeness (QED) is 0.535. The lowest BCUT2D eigenvalue weighted by Gasteiger charge is -2.18. The van der Waals surface area contributed by atoms with Gasteiger partial charge in [-0.05, 0) is 52.7 Å². The maximum absolute atomic E-state index is 12.5. The third-order valence-electron chi connectivity index (χ3n) is 3.99. The summed E-state index contributed by atoms with van der Waals surface area (Å²) in [5, 5.41) is 13.8. The number of rotatable bonds is 4. The lowest BCUT2D eigenvalue weighted by Crippen LogP contribution is -2.25. The average Bonchev–Trinajstić information content (AvgIpc) is 2.96. The van der Waals surface area contributed by atoms with E-state index in [-0.39, 0.29) is 32.2 Å². The van der Waals surface area contributed by atoms with Gasteiger partial charge in [0, 0.05) is 18.2 Å². The first kappa shape index (κ1) is 19.6. The van der Waals surface area contributed by atoms with Gasteiger partial charge in [-0.15, -0.1) is 0 Å². The molecule has 1 saturated heterocycles. The first-order chi connectivity index (χ1) is 12.7. The Bertz CT molecular complexity index is 1040. The Morgan fingerprint density at radius 2 is 2.00 bits per heavy atom. The van der Waals surface area contributed by atoms with Gasteiger partial charge < -0.3 is 5.32 Å². The monoisotopic (exact) mass is 473 g/mol. The third-order valence-corrected chi connectivity index (χ3v) is 6.86. The van der Waals surface area contributed by atoms with Gasteiger partial charge in [0.25, 0.3) is 11.6 Å². The Morgan fingerprint density at radius 3 is 2.63 bits per heavy atom. The summed E-state index contributed by atoms with van der Waals surface area (Å²) in [6, 6.07) is 8.49. The van der Waals surface area contributed by atoms with Crippen LogP contribution in [0.25, 0.3) is 0 Å². The average molecular weight is 475 g/mol. The van der Waals surface area contributed by atoms with Crippen LogP contribution in [0.3, 0.4) is 0 Å². The van der Waals surface area contributed by atoms with Crippen LogP contribution in [0, 0.1) is 10.1 Å². The summed E-state index contributed by atoms with van der Waals surface area (Å²) in [7, 11) is -3.37. The SMILES string of the molecule is O=C(Nc1cc(N2CCCS2(=O)=O)ccc1Cl)c1ccc(Br)c([N+](=O)[O-])c1. The molecule has 0 unspecified atom stereocenters. The number of nitrogens with one attached hydrogen (secondary N) is 1. The van der Waals surface area contributed by atoms with E-state index in [4.69, 9.17) is 11.6 Å². The Balaban J connectivity index is 1.89. The zero-order valence-corrected chi connectivity index (χ0v) is 16.8. The predicted molar refractivity (Wildman–Crippen MR) is 106 cm³/mol. The minimum Gasteiger partial charge on any atom is -0.321 e. The zero-order valence-electron chi connectivity index (χ0n) is 13.7. The molecule has 1 amide bonds. The Kier molecular flexibility index (Phi) is 5.41. The number of carbonyl (C=O) groups excluding carboxylic acids is 1. The molecule has 0 aliphatic carbocycles. The van der Waals surface area contributed by atoms with Crippen molar-refractivity contribution in [2.75, 3.05) is 21.9 Å². The fourth-order valence-electron chi connectivity index (χ4n) is 2.68. The maximum Gasteiger partial charge on any atom is 0.284 e. The van der Waals surface area contributed by atoms with E-state index in [1.807, 2.05) is 0 Å². The number of halogens is 2. The molecule has 0 saturated carbocycles. The highest BCUT2D eigenvalue weighted by Gasteiger charge is 2.29. The molecular weight excluding hydrogens is 462 g/mol. The van der Waals surface area contributed by atoms with Crippen LogP contribution >= 0.6 is 27.5 Å². The lowest BCUT2D eigenvalue weighted by atomic mass is 10.2. The molecule has 0 aromatic heterocycles. The normalized spacial score (nSPS) is 15.6. The number of sulfonamides is 1. The molecule has 2 aromatic rings. The summed E-state index contributed by atoms with van der Waals surface area (Å²) in [4.78, 5) is 22.9. The predicted octanol–water partition coefficient (Wildman–Crippen LogP) is 3.80. The molecule has 3 rings (SSSR count). The standard InChI is InChI=1S/C16H13BrClN3O5S/c17-12-4-2-10(8-15(12)21(23)24)16(22)19-14-9-11(3-5-13(14)18)20-6-1-7-27(20,25)26/h2-5,8-9H,1,6-7H2,(H,19,22). The van der Waals surface area contributed by atoms with Crippen LogP contribution in [-0.4, -0.2) is 31.5 Å². The fraction of sp³-hybridized carbons (Fsp3) is 0.188. The second-order valence-electron chi connectivity index (χ2n) is 5.78. The molecular formula is C16H13BrClN3O5S. The zero-order chi connectivity index (χ0) is 19.8. The highest BCUT2D eigenvalue weighted by atomic mass is 79.9. The second kappa shape index (κ2) is 7.45. The van der Waals surface area contributed by atoms with Crippen molar-refractivity contribution in [1.82, 2.24) is 0 Å². The number of nitro benzene ring substituents is 1. The van der Waals surface area contributed by atoms with Gasteiger partial charge in [0.15, 0.2) is 0 Å². The first-order valence-electron chi connectivity index (χ1n) is 7.74. The minimum absolute atomic E-state index is 0.0693. The maximum atomic E-state index is 12.5. The van der Waals surface area contributed by atoms with Crippen LogP contribution < -0.4 is 9.62 Å². The fourth-order valence-corrected chi connectivity index (χ4v) is 4.79. The van der Waals surface area contributed by atoms with Gasteiger partial charge in [0.2, 0.25) is 10.0 Å². The number of hydrogen-bond donors (Lipinski definition) is 1. The second-order valence-corrected chi connectivity index (χ2v) is 9.06. The molecule has 0 radical (unpaired) electrons. The Morgan fingerprint density at radius 1 is 1.26 bits per heavy atom. The summed E-state index contributed by atoms with van der Waals surface area (Å²) < 4.78 is 25.7. The minimum atomic E-state index is -3.37. The van der Waals surface area contributed by atoms with Crippen molar-refractivity contribution in [3.05, 3.63) is 61.6 Å². The van der Waals surface area contributed by atoms with Crippen LogP contribution in [0.5, 0.6) is 0 Å². The number of carbonyl (C=O) groups is 1. The van der Waals surface area contributed by atoms with Crippen molar-refractivity contribution in [2.24, 2.45) is 0 Å². The van der Waals surface area contributed by atoms with Gasteiger partial charge in [0.05, 0.1) is 31.5 Å². The van der Waals surface area contributed by atoms with Gasteiger partial charge in [-0.1, -0.05) is 11.6 Å². The van der Waals surface area contributed by atoms with E-state index in [0.717, 1.165) is 6.07 Å². The van der Waals surface area contributed by atoms with Crippen molar-refractivity contribution in [3.8, 4) is 0 Å². The van der Waals surface area contributed by atoms with E-state index < -0.39 is 20.9 Å². The van der Waals surface area contributed by atoms with E-state index >= 15 is 0 Å². The summed E-state index contributed by atoms with van der Waals surface area (Å²) in [5.41, 5.74) is 0.437. The molecule has 142 valence electrons. The highest BCUT2D eigenvalue weighted by molar-refractivity contribution is 9.10. The van der Waals surface area contributed by atoms with Gasteiger partial charge in [-0.2, -0.15) is 0 Å². The van der Waals surface area contributed by atoms with Crippen molar-refractivity contribution in [1.29, 1.82) is 0 Å². The Hall–Kier alpha value is -2.17. The van der Waals surface area contributed by atoms with Gasteiger partial charge in [0.1, 0.15) is 0 Å². The molecule has 0 atom stereocenters. The summed E-state index contributed by atoms with van der Waals surface area (Å²) >= 11 is 9.17. The smallest absolute Gasteiger partial charge is 0.284 e. The summed E-state index contributed by atoms with van der Waals surface area (Å²) in [6.07, 6.45) is 0.523. The number of amides is 1. The molecule has 1 aliphatic rings. The van der Waals surface area contributed by atoms with Gasteiger partial charge >= 0.3 is 0 Å². The third kappa shape index (κ3) is 4.07. The first-order valence-corrected chi connectivity index (χ1v) is 10.5. The number of benzene rings is 2. The summed E-state index contributed by atoms with van der Waals surface area (Å²) in [6.45, 7) is 0.357. The van der Waals surface area contributed by atoms with E-state index in [2.05, 4.69) is 21.2 Å². The van der Waals surface area contributed by atoms with Crippen LogP contribution in [0.1, 0.15) is 16.8 Å². The highest BCUT2D eigenvalue weighted by Crippen LogP contribution is 2.32. The van der Waals surface area contributed by atoms with Crippen molar-refractivity contribution in [3.63, 3.8) is 0 Å². The molecule has 8 nitrogen and oxygen atoms in total. The number of anilines is 2. The largest absolute Gasteiger partial charge is 0.321 e. The molecule has 11 heteroatoms. The van der Waals surface area contributed by atoms with Crippen LogP contribution in [0.4, 0.5) is 17.1 Å². The number of hydrogen-bond acceptors (Lipinski definition) is 5. The number of nitrogens with zero attached hydrogens (tertiary/aromatic N) is 2. The van der Waals surface area contributed by atoms with E-state index in [9.17, 15) is 23.3 Å². The topological polar surface area (TPSA) is 110 Å². The molecule has 2 aromatic carbocycles. The lowest BCUT2D eigenvalue weighted by molar-refractivity contribution is -0.385. The van der Waals surface area contributed by atoms with Gasteiger partial charge in [-0.25, -0.2) is 8.42 Å². The van der Waals surface area contributed by atoms with Crippen molar-refractivity contribution < 1.29 is 18.1 Å². The van der Waals surface area contributed by atoms with E-state index in [0.29, 0.717) is 18.7 Å². The summed E-state index contributed by atoms with van der Waals surface area (Å²) in [5.74, 6) is -0.534. The Labute approximate surface area is 168 Å². The van der Waals surface area contributed by atoms with E-state index in [1.165, 1.54) is 28.6 Å². The molecule has 1 heterocycles.